The average Bonchev–Trinajstić information content (AvgIpc) is 2.59. The molecule has 0 aromatic heterocycles. The Balaban J connectivity index is 2.02. The molecular weight excluding hydrogens is 384 g/mol. The van der Waals surface area contributed by atoms with E-state index >= 15 is 0 Å². The third-order valence-corrected chi connectivity index (χ3v) is 4.60. The fourth-order valence-corrected chi connectivity index (χ4v) is 2.82. The molecule has 0 aliphatic rings. The van der Waals surface area contributed by atoms with Crippen LogP contribution in [0.3, 0.4) is 0 Å². The second kappa shape index (κ2) is 8.08. The summed E-state index contributed by atoms with van der Waals surface area (Å²) in [6.07, 6.45) is 0.931. The van der Waals surface area contributed by atoms with E-state index in [1.54, 1.807) is 0 Å². The van der Waals surface area contributed by atoms with Crippen molar-refractivity contribution in [2.24, 2.45) is 0 Å². The third kappa shape index (κ3) is 5.20. The molecule has 0 saturated carbocycles. The van der Waals surface area contributed by atoms with Crippen LogP contribution in [0.2, 0.25) is 0 Å². The number of sulfone groups is 1. The van der Waals surface area contributed by atoms with Gasteiger partial charge < -0.3 is 10.6 Å². The molecule has 0 spiro atoms. The maximum absolute atomic E-state index is 13.5. The number of amides is 1. The summed E-state index contributed by atoms with van der Waals surface area (Å²) in [4.78, 5) is 22.0. The number of halogens is 2. The van der Waals surface area contributed by atoms with Gasteiger partial charge in [-0.25, -0.2) is 17.2 Å². The van der Waals surface area contributed by atoms with E-state index in [0.717, 1.165) is 30.5 Å². The van der Waals surface area contributed by atoms with Gasteiger partial charge in [0.25, 0.3) is 11.6 Å². The summed E-state index contributed by atoms with van der Waals surface area (Å²) in [5, 5.41) is 16.2. The average molecular weight is 399 g/mol. The lowest BCUT2D eigenvalue weighted by Gasteiger charge is -2.10. The number of benzene rings is 2. The molecule has 0 radical (unpaired) electrons. The number of nitrogens with zero attached hydrogens (tertiary/aromatic N) is 1. The van der Waals surface area contributed by atoms with E-state index in [1.165, 1.54) is 12.1 Å². The van der Waals surface area contributed by atoms with E-state index < -0.39 is 43.6 Å². The minimum atomic E-state index is -3.61. The Morgan fingerprint density at radius 3 is 2.48 bits per heavy atom. The van der Waals surface area contributed by atoms with Crippen LogP contribution < -0.4 is 10.6 Å². The number of hydrogen-bond acceptors (Lipinski definition) is 6. The van der Waals surface area contributed by atoms with Crippen LogP contribution in [0.5, 0.6) is 0 Å². The van der Waals surface area contributed by atoms with Crippen molar-refractivity contribution in [3.63, 3.8) is 0 Å². The SMILES string of the molecule is CS(=O)(=O)c1ccc(NCCNC(=O)c2cc(F)ccc2F)c([N+](=O)[O-])c1. The summed E-state index contributed by atoms with van der Waals surface area (Å²) < 4.78 is 49.6. The lowest BCUT2D eigenvalue weighted by atomic mass is 10.2. The van der Waals surface area contributed by atoms with Crippen LogP contribution in [-0.2, 0) is 9.84 Å². The molecule has 2 N–H and O–H groups in total. The number of nitro benzene ring substituents is 1. The molecule has 0 bridgehead atoms. The Kier molecular flexibility index (Phi) is 6.05. The van der Waals surface area contributed by atoms with Crippen molar-refractivity contribution >= 4 is 27.1 Å². The van der Waals surface area contributed by atoms with Gasteiger partial charge in [-0.1, -0.05) is 0 Å². The largest absolute Gasteiger partial charge is 0.378 e. The lowest BCUT2D eigenvalue weighted by molar-refractivity contribution is -0.384. The van der Waals surface area contributed by atoms with Gasteiger partial charge >= 0.3 is 0 Å². The fraction of sp³-hybridized carbons (Fsp3) is 0.188. The second-order valence-electron chi connectivity index (χ2n) is 5.52. The van der Waals surface area contributed by atoms with E-state index in [0.29, 0.717) is 0 Å². The van der Waals surface area contributed by atoms with Crippen LogP contribution in [0.4, 0.5) is 20.2 Å². The van der Waals surface area contributed by atoms with Gasteiger partial charge in [0.1, 0.15) is 17.3 Å². The van der Waals surface area contributed by atoms with Gasteiger partial charge in [0.05, 0.1) is 15.4 Å². The zero-order valence-electron chi connectivity index (χ0n) is 14.0. The van der Waals surface area contributed by atoms with E-state index in [1.807, 2.05) is 0 Å². The zero-order valence-corrected chi connectivity index (χ0v) is 14.8. The first-order valence-corrected chi connectivity index (χ1v) is 9.44. The summed E-state index contributed by atoms with van der Waals surface area (Å²) in [6.45, 7) is -0.0124. The smallest absolute Gasteiger partial charge is 0.293 e. The van der Waals surface area contributed by atoms with Crippen molar-refractivity contribution in [1.29, 1.82) is 0 Å². The molecule has 0 unspecified atom stereocenters. The first-order valence-electron chi connectivity index (χ1n) is 7.55. The Morgan fingerprint density at radius 2 is 1.85 bits per heavy atom. The molecule has 2 aromatic rings. The van der Waals surface area contributed by atoms with Gasteiger partial charge in [-0.2, -0.15) is 0 Å². The zero-order chi connectivity index (χ0) is 20.2. The first-order chi connectivity index (χ1) is 12.6. The normalized spacial score (nSPS) is 11.1. The topological polar surface area (TPSA) is 118 Å². The molecule has 144 valence electrons. The summed E-state index contributed by atoms with van der Waals surface area (Å²) in [5.74, 6) is -2.48. The standard InChI is InChI=1S/C16H15F2N3O5S/c1-27(25,26)11-3-5-14(15(9-11)21(23)24)19-6-7-20-16(22)12-8-10(17)2-4-13(12)18/h2-5,8-9,19H,6-7H2,1H3,(H,20,22). The highest BCUT2D eigenvalue weighted by atomic mass is 32.2. The molecule has 2 aromatic carbocycles. The van der Waals surface area contributed by atoms with E-state index in [4.69, 9.17) is 0 Å². The van der Waals surface area contributed by atoms with Gasteiger partial charge in [-0.05, 0) is 30.3 Å². The Hall–Kier alpha value is -3.08. The third-order valence-electron chi connectivity index (χ3n) is 3.49. The number of carbonyl (C=O) groups is 1. The molecule has 1 amide bonds. The number of carbonyl (C=O) groups excluding carboxylic acids is 1. The molecule has 0 heterocycles. The molecule has 27 heavy (non-hydrogen) atoms. The molecule has 0 atom stereocenters. The van der Waals surface area contributed by atoms with Crippen molar-refractivity contribution in [3.8, 4) is 0 Å². The van der Waals surface area contributed by atoms with Crippen LogP contribution in [0.15, 0.2) is 41.3 Å². The number of rotatable bonds is 7. The monoisotopic (exact) mass is 399 g/mol. The minimum Gasteiger partial charge on any atom is -0.378 e. The van der Waals surface area contributed by atoms with Crippen molar-refractivity contribution in [2.75, 3.05) is 24.7 Å². The predicted octanol–water partition coefficient (Wildman–Crippen LogP) is 2.12. The molecule has 0 saturated heterocycles. The van der Waals surface area contributed by atoms with Crippen molar-refractivity contribution in [2.45, 2.75) is 4.90 Å². The molecular formula is C16H15F2N3O5S. The van der Waals surface area contributed by atoms with Crippen molar-refractivity contribution in [3.05, 3.63) is 63.7 Å². The fourth-order valence-electron chi connectivity index (χ4n) is 2.18. The quantitative estimate of drug-likeness (QED) is 0.418. The van der Waals surface area contributed by atoms with E-state index in [2.05, 4.69) is 10.6 Å². The second-order valence-corrected chi connectivity index (χ2v) is 7.53. The summed E-state index contributed by atoms with van der Waals surface area (Å²) in [5.41, 5.74) is -0.850. The molecule has 2 rings (SSSR count). The highest BCUT2D eigenvalue weighted by Crippen LogP contribution is 2.27. The van der Waals surface area contributed by atoms with Crippen LogP contribution in [-0.4, -0.2) is 38.6 Å². The number of nitrogens with one attached hydrogen (secondary N) is 2. The molecule has 0 fully saturated rings. The van der Waals surface area contributed by atoms with Crippen LogP contribution in [0.25, 0.3) is 0 Å². The number of hydrogen-bond donors (Lipinski definition) is 2. The summed E-state index contributed by atoms with van der Waals surface area (Å²) in [7, 11) is -3.61. The minimum absolute atomic E-state index is 0.0295. The number of anilines is 1. The predicted molar refractivity (Wildman–Crippen MR) is 93.4 cm³/mol. The van der Waals surface area contributed by atoms with Crippen molar-refractivity contribution < 1.29 is 26.9 Å². The summed E-state index contributed by atoms with van der Waals surface area (Å²) in [6, 6.07) is 5.85. The Labute approximate surface area is 153 Å². The van der Waals surface area contributed by atoms with E-state index in [9.17, 15) is 32.1 Å². The number of nitro groups is 1. The van der Waals surface area contributed by atoms with Crippen LogP contribution >= 0.6 is 0 Å². The highest BCUT2D eigenvalue weighted by Gasteiger charge is 2.18. The maximum Gasteiger partial charge on any atom is 0.293 e. The Morgan fingerprint density at radius 1 is 1.15 bits per heavy atom. The summed E-state index contributed by atoms with van der Waals surface area (Å²) >= 11 is 0. The highest BCUT2D eigenvalue weighted by molar-refractivity contribution is 7.90. The molecule has 0 aliphatic carbocycles. The molecule has 0 aliphatic heterocycles. The molecule has 8 nitrogen and oxygen atoms in total. The van der Waals surface area contributed by atoms with Crippen LogP contribution in [0, 0.1) is 21.7 Å². The van der Waals surface area contributed by atoms with E-state index in [-0.39, 0.29) is 23.7 Å². The van der Waals surface area contributed by atoms with Gasteiger partial charge in [0.15, 0.2) is 9.84 Å². The lowest BCUT2D eigenvalue weighted by Crippen LogP contribution is -2.29. The van der Waals surface area contributed by atoms with Gasteiger partial charge in [0, 0.05) is 25.4 Å². The van der Waals surface area contributed by atoms with Gasteiger partial charge in [0.2, 0.25) is 0 Å². The molecule has 11 heteroatoms. The first kappa shape index (κ1) is 20.2. The van der Waals surface area contributed by atoms with Gasteiger partial charge in [-0.3, -0.25) is 14.9 Å². The maximum atomic E-state index is 13.5. The Bertz CT molecular complexity index is 996. The van der Waals surface area contributed by atoms with Gasteiger partial charge in [-0.15, -0.1) is 0 Å². The van der Waals surface area contributed by atoms with Crippen molar-refractivity contribution in [1.82, 2.24) is 5.32 Å². The van der Waals surface area contributed by atoms with Crippen LogP contribution in [0.1, 0.15) is 10.4 Å².